The number of halogens is 1. The molecule has 9 heteroatoms. The highest BCUT2D eigenvalue weighted by Crippen LogP contribution is 2.35. The number of rotatable bonds is 11. The molecule has 0 aliphatic heterocycles. The molecule has 0 N–H and O–H groups in total. The first-order chi connectivity index (χ1) is 19.7. The first kappa shape index (κ1) is 29.7. The third kappa shape index (κ3) is 8.08. The van der Waals surface area contributed by atoms with Crippen molar-refractivity contribution in [1.82, 2.24) is 0 Å². The minimum Gasteiger partial charge on any atom is -0.423 e. The van der Waals surface area contributed by atoms with E-state index in [-0.39, 0.29) is 28.6 Å². The average Bonchev–Trinajstić information content (AvgIpc) is 2.97. The van der Waals surface area contributed by atoms with Gasteiger partial charge in [0.2, 0.25) is 0 Å². The summed E-state index contributed by atoms with van der Waals surface area (Å²) in [6.45, 7) is 13.3. The van der Waals surface area contributed by atoms with Gasteiger partial charge in [0, 0.05) is 48.1 Å². The van der Waals surface area contributed by atoms with Gasteiger partial charge < -0.3 is 18.9 Å². The largest absolute Gasteiger partial charge is 0.423 e. The number of carbonyl (C=O) groups is 4. The summed E-state index contributed by atoms with van der Waals surface area (Å²) in [5, 5.41) is 0. The van der Waals surface area contributed by atoms with E-state index in [2.05, 4.69) is 26.3 Å². The molecule has 206 valence electrons. The molecule has 0 saturated heterocycles. The fraction of sp³-hybridized carbons (Fsp3) is 0. The lowest BCUT2D eigenvalue weighted by molar-refractivity contribution is -0.130. The second-order valence-corrected chi connectivity index (χ2v) is 7.93. The fourth-order valence-corrected chi connectivity index (χ4v) is 3.33. The predicted octanol–water partition coefficient (Wildman–Crippen LogP) is 6.03. The van der Waals surface area contributed by atoms with Crippen LogP contribution in [-0.2, 0) is 19.2 Å². The van der Waals surface area contributed by atoms with Crippen LogP contribution in [0.5, 0.6) is 23.0 Å². The summed E-state index contributed by atoms with van der Waals surface area (Å²) in [7, 11) is 0. The number of hydrogen-bond acceptors (Lipinski definition) is 8. The standard InChI is InChI=1S/C32H23FO8/c1-5-29(34)38-22-14-16-24(27(18-22)40-31(36)7-3)21-12-9-20(10-13-21)11-15-25-26(33)17-23(39-30(35)6-2)19-28(25)41-32(37)8-4/h5-19H,1-4H2/b15-11+. The molecule has 0 aromatic heterocycles. The van der Waals surface area contributed by atoms with Crippen LogP contribution in [0, 0.1) is 5.82 Å². The summed E-state index contributed by atoms with van der Waals surface area (Å²) in [5.74, 6) is -3.97. The van der Waals surface area contributed by atoms with E-state index in [1.54, 1.807) is 36.4 Å². The van der Waals surface area contributed by atoms with Crippen LogP contribution in [0.15, 0.2) is 105 Å². The SMILES string of the molecule is C=CC(=O)Oc1ccc(-c2ccc(/C=C/c3c(F)cc(OC(=O)C=C)cc3OC(=O)C=C)cc2)c(OC(=O)C=C)c1. The molecule has 3 rings (SSSR count). The molecule has 41 heavy (non-hydrogen) atoms. The van der Waals surface area contributed by atoms with Gasteiger partial charge in [0.15, 0.2) is 0 Å². The van der Waals surface area contributed by atoms with E-state index < -0.39 is 29.7 Å². The van der Waals surface area contributed by atoms with Crippen molar-refractivity contribution in [2.45, 2.75) is 0 Å². The summed E-state index contributed by atoms with van der Waals surface area (Å²) in [6, 6.07) is 13.6. The van der Waals surface area contributed by atoms with Gasteiger partial charge in [-0.25, -0.2) is 23.6 Å². The summed E-state index contributed by atoms with van der Waals surface area (Å²) < 4.78 is 35.5. The molecule has 0 bridgehead atoms. The second kappa shape index (κ2) is 13.8. The van der Waals surface area contributed by atoms with Crippen LogP contribution in [0.25, 0.3) is 23.3 Å². The highest BCUT2D eigenvalue weighted by molar-refractivity contribution is 5.88. The lowest BCUT2D eigenvalue weighted by Gasteiger charge is -2.12. The number of carbonyl (C=O) groups excluding carboxylic acids is 4. The quantitative estimate of drug-likeness (QED) is 0.123. The molecular weight excluding hydrogens is 531 g/mol. The number of hydrogen-bond donors (Lipinski definition) is 0. The molecule has 8 nitrogen and oxygen atoms in total. The van der Waals surface area contributed by atoms with E-state index in [0.717, 1.165) is 30.4 Å². The number of benzene rings is 3. The Bertz CT molecular complexity index is 1580. The summed E-state index contributed by atoms with van der Waals surface area (Å²) in [4.78, 5) is 46.8. The maximum Gasteiger partial charge on any atom is 0.335 e. The van der Waals surface area contributed by atoms with Crippen LogP contribution in [0.3, 0.4) is 0 Å². The van der Waals surface area contributed by atoms with Gasteiger partial charge in [0.25, 0.3) is 0 Å². The van der Waals surface area contributed by atoms with Crippen molar-refractivity contribution >= 4 is 36.0 Å². The third-order valence-corrected chi connectivity index (χ3v) is 5.21. The van der Waals surface area contributed by atoms with Crippen LogP contribution in [0.4, 0.5) is 4.39 Å². The van der Waals surface area contributed by atoms with Crippen LogP contribution < -0.4 is 18.9 Å². The Labute approximate surface area is 234 Å². The van der Waals surface area contributed by atoms with E-state index in [1.165, 1.54) is 24.3 Å². The Hall–Kier alpha value is -5.83. The van der Waals surface area contributed by atoms with Gasteiger partial charge in [-0.2, -0.15) is 0 Å². The molecule has 0 unspecified atom stereocenters. The van der Waals surface area contributed by atoms with Crippen molar-refractivity contribution in [3.8, 4) is 34.1 Å². The Morgan fingerprint density at radius 1 is 0.585 bits per heavy atom. The molecule has 0 fully saturated rings. The van der Waals surface area contributed by atoms with Crippen LogP contribution >= 0.6 is 0 Å². The molecule has 0 amide bonds. The molecule has 0 radical (unpaired) electrons. The monoisotopic (exact) mass is 554 g/mol. The van der Waals surface area contributed by atoms with Gasteiger partial charge in [0.1, 0.15) is 28.8 Å². The van der Waals surface area contributed by atoms with Crippen molar-refractivity contribution in [2.24, 2.45) is 0 Å². The van der Waals surface area contributed by atoms with Gasteiger partial charge in [-0.15, -0.1) is 0 Å². The lowest BCUT2D eigenvalue weighted by atomic mass is 10.0. The van der Waals surface area contributed by atoms with E-state index in [0.29, 0.717) is 16.7 Å². The molecule has 0 heterocycles. The van der Waals surface area contributed by atoms with Crippen molar-refractivity contribution in [2.75, 3.05) is 0 Å². The van der Waals surface area contributed by atoms with E-state index in [4.69, 9.17) is 18.9 Å². The van der Waals surface area contributed by atoms with Crippen molar-refractivity contribution in [3.63, 3.8) is 0 Å². The fourth-order valence-electron chi connectivity index (χ4n) is 3.33. The average molecular weight is 555 g/mol. The normalized spacial score (nSPS) is 10.3. The molecule has 3 aromatic carbocycles. The zero-order valence-corrected chi connectivity index (χ0v) is 21.6. The second-order valence-electron chi connectivity index (χ2n) is 7.93. The van der Waals surface area contributed by atoms with E-state index in [9.17, 15) is 23.6 Å². The van der Waals surface area contributed by atoms with E-state index >= 15 is 0 Å². The zero-order valence-electron chi connectivity index (χ0n) is 21.6. The molecule has 3 aromatic rings. The van der Waals surface area contributed by atoms with Crippen molar-refractivity contribution < 1.29 is 42.5 Å². The highest BCUT2D eigenvalue weighted by Gasteiger charge is 2.16. The van der Waals surface area contributed by atoms with Gasteiger partial charge in [-0.3, -0.25) is 0 Å². The molecule has 0 atom stereocenters. The Morgan fingerprint density at radius 3 is 1.68 bits per heavy atom. The molecule has 0 saturated carbocycles. The first-order valence-corrected chi connectivity index (χ1v) is 11.8. The maximum atomic E-state index is 14.9. The van der Waals surface area contributed by atoms with Crippen molar-refractivity contribution in [3.05, 3.63) is 122 Å². The Morgan fingerprint density at radius 2 is 1.10 bits per heavy atom. The number of ether oxygens (including phenoxy) is 4. The summed E-state index contributed by atoms with van der Waals surface area (Å²) in [6.07, 6.45) is 6.76. The summed E-state index contributed by atoms with van der Waals surface area (Å²) >= 11 is 0. The van der Waals surface area contributed by atoms with Gasteiger partial charge in [-0.1, -0.05) is 56.7 Å². The molecule has 0 aliphatic rings. The lowest BCUT2D eigenvalue weighted by Crippen LogP contribution is -2.08. The van der Waals surface area contributed by atoms with Gasteiger partial charge in [-0.05, 0) is 29.3 Å². The molecule has 0 aliphatic carbocycles. The Kier molecular flexibility index (Phi) is 10.0. The smallest absolute Gasteiger partial charge is 0.335 e. The highest BCUT2D eigenvalue weighted by atomic mass is 19.1. The van der Waals surface area contributed by atoms with Crippen LogP contribution in [0.2, 0.25) is 0 Å². The topological polar surface area (TPSA) is 105 Å². The first-order valence-electron chi connectivity index (χ1n) is 11.8. The number of esters is 4. The Balaban J connectivity index is 1.93. The minimum atomic E-state index is -0.839. The molecule has 0 spiro atoms. The minimum absolute atomic E-state index is 0.0778. The van der Waals surface area contributed by atoms with Crippen molar-refractivity contribution in [1.29, 1.82) is 0 Å². The zero-order chi connectivity index (χ0) is 29.9. The maximum absolute atomic E-state index is 14.9. The van der Waals surface area contributed by atoms with Gasteiger partial charge in [0.05, 0.1) is 5.56 Å². The van der Waals surface area contributed by atoms with Crippen LogP contribution in [0.1, 0.15) is 11.1 Å². The third-order valence-electron chi connectivity index (χ3n) is 5.21. The predicted molar refractivity (Wildman–Crippen MR) is 151 cm³/mol. The van der Waals surface area contributed by atoms with E-state index in [1.807, 2.05) is 0 Å². The van der Waals surface area contributed by atoms with Crippen LogP contribution in [-0.4, -0.2) is 23.9 Å². The summed E-state index contributed by atoms with van der Waals surface area (Å²) in [5.41, 5.74) is 1.72. The molecular formula is C32H23FO8. The van der Waals surface area contributed by atoms with Gasteiger partial charge >= 0.3 is 23.9 Å².